The van der Waals surface area contributed by atoms with Gasteiger partial charge < -0.3 is 5.11 Å². The molecule has 22 heavy (non-hydrogen) atoms. The molecule has 1 saturated carbocycles. The lowest BCUT2D eigenvalue weighted by molar-refractivity contribution is 0.421. The minimum Gasteiger partial charge on any atom is -0.507 e. The molecule has 1 aliphatic carbocycles. The third-order valence-corrected chi connectivity index (χ3v) is 4.74. The van der Waals surface area contributed by atoms with Crippen LogP contribution in [0, 0.1) is 0 Å². The summed E-state index contributed by atoms with van der Waals surface area (Å²) in [6.45, 7) is 4.29. The van der Waals surface area contributed by atoms with Crippen molar-refractivity contribution >= 4 is 6.21 Å². The van der Waals surface area contributed by atoms with Crippen LogP contribution in [0.5, 0.6) is 5.75 Å². The van der Waals surface area contributed by atoms with Gasteiger partial charge in [0.2, 0.25) is 0 Å². The van der Waals surface area contributed by atoms with Crippen LogP contribution in [0.3, 0.4) is 0 Å². The molecular formula is C20H23NO. The zero-order chi connectivity index (χ0) is 15.6. The van der Waals surface area contributed by atoms with Crippen LogP contribution in [0.4, 0.5) is 0 Å². The van der Waals surface area contributed by atoms with Gasteiger partial charge >= 0.3 is 0 Å². The number of benzene rings is 2. The maximum Gasteiger partial charge on any atom is 0.128 e. The summed E-state index contributed by atoms with van der Waals surface area (Å²) in [6, 6.07) is 16.7. The van der Waals surface area contributed by atoms with Gasteiger partial charge in [-0.15, -0.1) is 0 Å². The third kappa shape index (κ3) is 2.78. The number of hydrogen-bond acceptors (Lipinski definition) is 2. The highest BCUT2D eigenvalue weighted by Gasteiger charge is 2.26. The van der Waals surface area contributed by atoms with Gasteiger partial charge in [-0.05, 0) is 30.9 Å². The van der Waals surface area contributed by atoms with Crippen molar-refractivity contribution in [1.29, 1.82) is 0 Å². The summed E-state index contributed by atoms with van der Waals surface area (Å²) in [5.41, 5.74) is 2.70. The van der Waals surface area contributed by atoms with Crippen molar-refractivity contribution in [2.75, 3.05) is 0 Å². The smallest absolute Gasteiger partial charge is 0.128 e. The fraction of sp³-hybridized carbons (Fsp3) is 0.350. The Morgan fingerprint density at radius 3 is 2.41 bits per heavy atom. The second kappa shape index (κ2) is 5.96. The van der Waals surface area contributed by atoms with Gasteiger partial charge in [0, 0.05) is 28.8 Å². The summed E-state index contributed by atoms with van der Waals surface area (Å²) in [5, 5.41) is 10.7. The number of para-hydroxylation sites is 1. The first-order valence-electron chi connectivity index (χ1n) is 8.00. The molecule has 0 unspecified atom stereocenters. The molecule has 114 valence electrons. The number of aliphatic imine (C=N–C) groups is 1. The van der Waals surface area contributed by atoms with E-state index in [1.807, 2.05) is 42.6 Å². The molecule has 0 heterocycles. The molecule has 0 saturated heterocycles. The zero-order valence-electron chi connectivity index (χ0n) is 13.3. The Hall–Kier alpha value is -2.09. The second-order valence-electron chi connectivity index (χ2n) is 6.60. The van der Waals surface area contributed by atoms with E-state index in [2.05, 4.69) is 31.0 Å². The van der Waals surface area contributed by atoms with Gasteiger partial charge in [-0.1, -0.05) is 56.3 Å². The van der Waals surface area contributed by atoms with E-state index in [1.165, 1.54) is 24.8 Å². The van der Waals surface area contributed by atoms with Crippen LogP contribution in [0.15, 0.2) is 53.5 Å². The van der Waals surface area contributed by atoms with Gasteiger partial charge in [0.15, 0.2) is 0 Å². The molecule has 0 aliphatic heterocycles. The van der Waals surface area contributed by atoms with Crippen LogP contribution in [0.1, 0.15) is 49.8 Å². The highest BCUT2D eigenvalue weighted by atomic mass is 16.3. The number of phenolic OH excluding ortho intramolecular Hbond substituents is 1. The van der Waals surface area contributed by atoms with Gasteiger partial charge in [-0.2, -0.15) is 0 Å². The van der Waals surface area contributed by atoms with Crippen molar-refractivity contribution in [1.82, 2.24) is 0 Å². The quantitative estimate of drug-likeness (QED) is 0.815. The third-order valence-electron chi connectivity index (χ3n) is 4.74. The molecule has 0 bridgehead atoms. The summed E-state index contributed by atoms with van der Waals surface area (Å²) in [7, 11) is 0. The maximum atomic E-state index is 10.7. The molecule has 1 fully saturated rings. The summed E-state index contributed by atoms with van der Waals surface area (Å²) in [5.74, 6) is 0.347. The summed E-state index contributed by atoms with van der Waals surface area (Å²) in [4.78, 5) is 4.57. The summed E-state index contributed by atoms with van der Waals surface area (Å²) < 4.78 is 0. The Balaban J connectivity index is 1.95. The molecule has 2 nitrogen and oxygen atoms in total. The fourth-order valence-electron chi connectivity index (χ4n) is 2.90. The molecular weight excluding hydrogens is 270 g/mol. The second-order valence-corrected chi connectivity index (χ2v) is 6.60. The molecule has 0 spiro atoms. The first kappa shape index (κ1) is 14.8. The highest BCUT2D eigenvalue weighted by Crippen LogP contribution is 2.38. The average Bonchev–Trinajstić information content (AvgIpc) is 2.48. The van der Waals surface area contributed by atoms with E-state index in [1.54, 1.807) is 0 Å². The van der Waals surface area contributed by atoms with Gasteiger partial charge in [0.25, 0.3) is 0 Å². The normalized spacial score (nSPS) is 15.9. The zero-order valence-corrected chi connectivity index (χ0v) is 13.3. The molecule has 1 N–H and O–H groups in total. The summed E-state index contributed by atoms with van der Waals surface area (Å²) in [6.07, 6.45) is 5.46. The topological polar surface area (TPSA) is 32.6 Å². The number of aromatic hydroxyl groups is 1. The first-order valence-corrected chi connectivity index (χ1v) is 8.00. The van der Waals surface area contributed by atoms with E-state index < -0.39 is 0 Å². The Morgan fingerprint density at radius 2 is 1.77 bits per heavy atom. The van der Waals surface area contributed by atoms with Crippen molar-refractivity contribution in [2.24, 2.45) is 4.99 Å². The Bertz CT molecular complexity index is 669. The minimum absolute atomic E-state index is 0.244. The van der Waals surface area contributed by atoms with Crippen LogP contribution >= 0.6 is 0 Å². The lowest BCUT2D eigenvalue weighted by atomic mass is 9.77. The molecule has 0 radical (unpaired) electrons. The lowest BCUT2D eigenvalue weighted by Gasteiger charge is -2.27. The molecule has 2 heteroatoms. The van der Waals surface area contributed by atoms with Gasteiger partial charge in [-0.25, -0.2) is 0 Å². The number of hydrogen-bond donors (Lipinski definition) is 1. The largest absolute Gasteiger partial charge is 0.507 e. The van der Waals surface area contributed by atoms with E-state index in [0.29, 0.717) is 11.8 Å². The molecule has 0 aromatic heterocycles. The van der Waals surface area contributed by atoms with Crippen LogP contribution in [0.2, 0.25) is 0 Å². The fourth-order valence-corrected chi connectivity index (χ4v) is 2.90. The standard InChI is InChI=1S/C20H23NO/c1-20(2,16-9-4-3-5-10-16)18-13-6-8-15(19(18)22)14-21-17-11-7-12-17/h3-6,8-10,13-14,17,22H,7,11-12H2,1-2H3. The van der Waals surface area contributed by atoms with E-state index >= 15 is 0 Å². The van der Waals surface area contributed by atoms with Crippen LogP contribution < -0.4 is 0 Å². The molecule has 0 atom stereocenters. The van der Waals surface area contributed by atoms with Crippen molar-refractivity contribution < 1.29 is 5.11 Å². The molecule has 0 amide bonds. The predicted octanol–water partition coefficient (Wildman–Crippen LogP) is 4.69. The maximum absolute atomic E-state index is 10.7. The summed E-state index contributed by atoms with van der Waals surface area (Å²) >= 11 is 0. The van der Waals surface area contributed by atoms with Gasteiger partial charge in [-0.3, -0.25) is 4.99 Å². The van der Waals surface area contributed by atoms with Crippen molar-refractivity contribution in [3.63, 3.8) is 0 Å². The van der Waals surface area contributed by atoms with Crippen LogP contribution in [-0.2, 0) is 5.41 Å². The van der Waals surface area contributed by atoms with Crippen molar-refractivity contribution in [3.05, 3.63) is 65.2 Å². The van der Waals surface area contributed by atoms with Gasteiger partial charge in [0.05, 0.1) is 0 Å². The monoisotopic (exact) mass is 293 g/mol. The first-order chi connectivity index (χ1) is 10.6. The highest BCUT2D eigenvalue weighted by molar-refractivity contribution is 5.84. The lowest BCUT2D eigenvalue weighted by Crippen LogP contribution is -2.19. The van der Waals surface area contributed by atoms with Gasteiger partial charge in [0.1, 0.15) is 5.75 Å². The predicted molar refractivity (Wildman–Crippen MR) is 91.9 cm³/mol. The van der Waals surface area contributed by atoms with E-state index in [0.717, 1.165) is 11.1 Å². The van der Waals surface area contributed by atoms with E-state index in [-0.39, 0.29) is 5.41 Å². The Morgan fingerprint density at radius 1 is 1.05 bits per heavy atom. The minimum atomic E-state index is -0.244. The molecule has 3 rings (SSSR count). The average molecular weight is 293 g/mol. The van der Waals surface area contributed by atoms with Crippen LogP contribution in [0.25, 0.3) is 0 Å². The Kier molecular flexibility index (Phi) is 4.02. The number of nitrogens with zero attached hydrogens (tertiary/aromatic N) is 1. The SMILES string of the molecule is CC(C)(c1ccccc1)c1cccc(C=NC2CCC2)c1O. The van der Waals surface area contributed by atoms with Crippen molar-refractivity contribution in [2.45, 2.75) is 44.6 Å². The van der Waals surface area contributed by atoms with Crippen molar-refractivity contribution in [3.8, 4) is 5.75 Å². The van der Waals surface area contributed by atoms with E-state index in [9.17, 15) is 5.11 Å². The number of phenols is 1. The van der Waals surface area contributed by atoms with Crippen LogP contribution in [-0.4, -0.2) is 17.4 Å². The molecule has 2 aromatic rings. The molecule has 2 aromatic carbocycles. The Labute approximate surface area is 132 Å². The molecule has 1 aliphatic rings. The number of rotatable bonds is 4. The van der Waals surface area contributed by atoms with E-state index in [4.69, 9.17) is 0 Å².